The van der Waals surface area contributed by atoms with Gasteiger partial charge >= 0.3 is 0 Å². The maximum atomic E-state index is 8.51. The topological polar surface area (TPSA) is 69.9 Å². The standard InChI is InChI=1S/C3H9O4P.C3H8/c4-1-3(5)2-7-8-6;1-3-2/h3-6,8H,1-2H2;3H2,1-2H3. The predicted octanol–water partition coefficient (Wildman–Crippen LogP) is 0.273. The lowest BCUT2D eigenvalue weighted by Gasteiger charge is -2.03. The fourth-order valence-electron chi connectivity index (χ4n) is 0.186. The third-order valence-corrected chi connectivity index (χ3v) is 0.847. The van der Waals surface area contributed by atoms with E-state index in [1.165, 1.54) is 6.42 Å². The lowest BCUT2D eigenvalue weighted by atomic mass is 10.4. The van der Waals surface area contributed by atoms with E-state index < -0.39 is 15.1 Å². The van der Waals surface area contributed by atoms with Gasteiger partial charge in [-0.2, -0.15) is 0 Å². The van der Waals surface area contributed by atoms with Gasteiger partial charge in [-0.15, -0.1) is 0 Å². The first-order chi connectivity index (χ1) is 5.22. The largest absolute Gasteiger partial charge is 0.394 e. The van der Waals surface area contributed by atoms with Crippen LogP contribution in [0.15, 0.2) is 0 Å². The molecule has 0 radical (unpaired) electrons. The molecule has 5 heteroatoms. The second-order valence-corrected chi connectivity index (χ2v) is 2.42. The van der Waals surface area contributed by atoms with Gasteiger partial charge in [0.1, 0.15) is 6.10 Å². The highest BCUT2D eigenvalue weighted by atomic mass is 31.1. The summed E-state index contributed by atoms with van der Waals surface area (Å²) in [6.07, 6.45) is 0.384. The molecule has 0 spiro atoms. The first-order valence-electron chi connectivity index (χ1n) is 3.52. The van der Waals surface area contributed by atoms with Crippen molar-refractivity contribution >= 4 is 9.03 Å². The van der Waals surface area contributed by atoms with E-state index in [1.807, 2.05) is 0 Å². The van der Waals surface area contributed by atoms with Crippen molar-refractivity contribution in [3.63, 3.8) is 0 Å². The van der Waals surface area contributed by atoms with E-state index in [2.05, 4.69) is 18.4 Å². The smallest absolute Gasteiger partial charge is 0.152 e. The number of hydrogen-bond donors (Lipinski definition) is 3. The maximum Gasteiger partial charge on any atom is 0.152 e. The summed E-state index contributed by atoms with van der Waals surface area (Å²) < 4.78 is 4.36. The van der Waals surface area contributed by atoms with Crippen LogP contribution in [0.5, 0.6) is 0 Å². The maximum absolute atomic E-state index is 8.51. The van der Waals surface area contributed by atoms with Crippen molar-refractivity contribution < 1.29 is 19.6 Å². The second kappa shape index (κ2) is 12.9. The lowest BCUT2D eigenvalue weighted by Crippen LogP contribution is -2.16. The molecule has 0 aliphatic rings. The Hall–Kier alpha value is 0.270. The predicted molar refractivity (Wildman–Crippen MR) is 45.5 cm³/mol. The summed E-state index contributed by atoms with van der Waals surface area (Å²) in [5, 5.41) is 16.7. The summed E-state index contributed by atoms with van der Waals surface area (Å²) in [5.74, 6) is 0. The Morgan fingerprint density at radius 3 is 2.18 bits per heavy atom. The fourth-order valence-corrected chi connectivity index (χ4v) is 0.453. The molecular weight excluding hydrogens is 167 g/mol. The molecule has 4 nitrogen and oxygen atoms in total. The summed E-state index contributed by atoms with van der Waals surface area (Å²) >= 11 is 0. The molecule has 2 unspecified atom stereocenters. The van der Waals surface area contributed by atoms with Crippen molar-refractivity contribution in [1.29, 1.82) is 0 Å². The van der Waals surface area contributed by atoms with Crippen LogP contribution in [0.4, 0.5) is 0 Å². The van der Waals surface area contributed by atoms with Crippen LogP contribution >= 0.6 is 9.03 Å². The molecule has 0 aromatic carbocycles. The van der Waals surface area contributed by atoms with Gasteiger partial charge in [0.2, 0.25) is 0 Å². The molecule has 0 aliphatic carbocycles. The molecule has 0 fully saturated rings. The normalized spacial score (nSPS) is 12.8. The van der Waals surface area contributed by atoms with Crippen LogP contribution in [-0.4, -0.2) is 34.4 Å². The van der Waals surface area contributed by atoms with Crippen LogP contribution < -0.4 is 0 Å². The van der Waals surface area contributed by atoms with E-state index in [0.29, 0.717) is 0 Å². The molecule has 0 aromatic heterocycles. The number of aliphatic hydroxyl groups is 2. The van der Waals surface area contributed by atoms with Crippen molar-refractivity contribution in [3.05, 3.63) is 0 Å². The highest BCUT2D eigenvalue weighted by Crippen LogP contribution is 2.02. The van der Waals surface area contributed by atoms with Gasteiger partial charge in [-0.3, -0.25) is 0 Å². The minimum atomic E-state index is -0.866. The van der Waals surface area contributed by atoms with E-state index in [4.69, 9.17) is 15.1 Å². The third-order valence-electron chi connectivity index (χ3n) is 0.551. The number of rotatable bonds is 4. The van der Waals surface area contributed by atoms with E-state index in [0.717, 1.165) is 0 Å². The van der Waals surface area contributed by atoms with Gasteiger partial charge in [0.05, 0.1) is 13.2 Å². The summed E-state index contributed by atoms with van der Waals surface area (Å²) in [6.45, 7) is 3.91. The van der Waals surface area contributed by atoms with Crippen molar-refractivity contribution in [2.45, 2.75) is 26.4 Å². The van der Waals surface area contributed by atoms with E-state index in [9.17, 15) is 0 Å². The van der Waals surface area contributed by atoms with Crippen LogP contribution in [0, 0.1) is 0 Å². The van der Waals surface area contributed by atoms with Crippen LogP contribution in [0.2, 0.25) is 0 Å². The molecular formula is C6H17O4P. The van der Waals surface area contributed by atoms with Gasteiger partial charge in [0.15, 0.2) is 9.03 Å². The van der Waals surface area contributed by atoms with Gasteiger partial charge in [0.25, 0.3) is 0 Å². The molecule has 0 saturated carbocycles. The van der Waals surface area contributed by atoms with Gasteiger partial charge < -0.3 is 19.6 Å². The van der Waals surface area contributed by atoms with E-state index >= 15 is 0 Å². The summed E-state index contributed by atoms with van der Waals surface area (Å²) in [5.41, 5.74) is 0. The third kappa shape index (κ3) is 17.9. The number of aliphatic hydroxyl groups excluding tert-OH is 2. The molecule has 2 atom stereocenters. The van der Waals surface area contributed by atoms with Crippen LogP contribution in [0.3, 0.4) is 0 Å². The molecule has 0 bridgehead atoms. The number of hydrogen-bond acceptors (Lipinski definition) is 4. The molecule has 0 amide bonds. The van der Waals surface area contributed by atoms with Crippen molar-refractivity contribution in [2.75, 3.05) is 13.2 Å². The molecule has 0 rings (SSSR count). The van der Waals surface area contributed by atoms with Crippen LogP contribution in [0.25, 0.3) is 0 Å². The van der Waals surface area contributed by atoms with Gasteiger partial charge in [-0.1, -0.05) is 20.3 Å². The molecule has 0 aliphatic heterocycles. The van der Waals surface area contributed by atoms with E-state index in [1.54, 1.807) is 0 Å². The molecule has 0 saturated heterocycles. The fraction of sp³-hybridized carbons (Fsp3) is 1.00. The summed E-state index contributed by atoms with van der Waals surface area (Å²) in [6, 6.07) is 0. The van der Waals surface area contributed by atoms with Crippen molar-refractivity contribution in [2.24, 2.45) is 0 Å². The Bertz CT molecular complexity index is 62.5. The second-order valence-electron chi connectivity index (χ2n) is 1.95. The summed E-state index contributed by atoms with van der Waals surface area (Å²) in [4.78, 5) is 8.02. The zero-order valence-corrected chi connectivity index (χ0v) is 7.95. The quantitative estimate of drug-likeness (QED) is 0.548. The van der Waals surface area contributed by atoms with Gasteiger partial charge in [0, 0.05) is 0 Å². The average molecular weight is 184 g/mol. The zero-order valence-electron chi connectivity index (χ0n) is 6.95. The molecule has 0 aromatic rings. The molecule has 3 N–H and O–H groups in total. The van der Waals surface area contributed by atoms with E-state index in [-0.39, 0.29) is 13.2 Å². The minimum Gasteiger partial charge on any atom is -0.394 e. The summed E-state index contributed by atoms with van der Waals surface area (Å²) in [7, 11) is -0.618. The minimum absolute atomic E-state index is 0.00849. The van der Waals surface area contributed by atoms with Gasteiger partial charge in [-0.05, 0) is 0 Å². The van der Waals surface area contributed by atoms with Crippen molar-refractivity contribution in [3.8, 4) is 0 Å². The molecule has 11 heavy (non-hydrogen) atoms. The highest BCUT2D eigenvalue weighted by molar-refractivity contribution is 7.24. The molecule has 0 heterocycles. The Balaban J connectivity index is 0. The SMILES string of the molecule is CCC.OCC(O)COPO. The zero-order chi connectivity index (χ0) is 9.11. The monoisotopic (exact) mass is 184 g/mol. The Morgan fingerprint density at radius 1 is 1.45 bits per heavy atom. The first kappa shape index (κ1) is 13.8. The van der Waals surface area contributed by atoms with Crippen LogP contribution in [0.1, 0.15) is 20.3 Å². The molecule has 70 valence electrons. The average Bonchev–Trinajstić information content (AvgIpc) is 2.02. The van der Waals surface area contributed by atoms with Gasteiger partial charge in [-0.25, -0.2) is 0 Å². The van der Waals surface area contributed by atoms with Crippen LogP contribution in [-0.2, 0) is 4.52 Å². The Kier molecular flexibility index (Phi) is 16.2. The Labute approximate surface area is 69.2 Å². The van der Waals surface area contributed by atoms with Crippen molar-refractivity contribution in [1.82, 2.24) is 0 Å². The Morgan fingerprint density at radius 2 is 1.91 bits per heavy atom. The highest BCUT2D eigenvalue weighted by Gasteiger charge is 1.98. The first-order valence-corrected chi connectivity index (χ1v) is 4.38. The lowest BCUT2D eigenvalue weighted by molar-refractivity contribution is 0.0560.